The normalized spacial score (nSPS) is 31.7. The highest BCUT2D eigenvalue weighted by atomic mass is 32.2. The first-order valence-corrected chi connectivity index (χ1v) is 7.32. The van der Waals surface area contributed by atoms with Crippen LogP contribution in [0.3, 0.4) is 0 Å². The first-order valence-electron chi connectivity index (χ1n) is 5.92. The topological polar surface area (TPSA) is 77.9 Å². The number of rotatable bonds is 2. The highest BCUT2D eigenvalue weighted by Gasteiger charge is 2.49. The Morgan fingerprint density at radius 1 is 1.24 bits per heavy atom. The van der Waals surface area contributed by atoms with E-state index in [1.54, 1.807) is 0 Å². The third-order valence-electron chi connectivity index (χ3n) is 3.62. The van der Waals surface area contributed by atoms with Crippen molar-refractivity contribution in [3.63, 3.8) is 0 Å². The van der Waals surface area contributed by atoms with Crippen LogP contribution in [-0.4, -0.2) is 53.8 Å². The maximum atomic E-state index is 12.1. The molecule has 1 atom stereocenters. The molecule has 2 aliphatic rings. The summed E-state index contributed by atoms with van der Waals surface area (Å²) in [7, 11) is -2.14. The molecular weight excluding hydrogens is 244 g/mol. The van der Waals surface area contributed by atoms with E-state index in [1.165, 1.54) is 11.4 Å². The van der Waals surface area contributed by atoms with Gasteiger partial charge in [0.05, 0.1) is 0 Å². The Labute approximate surface area is 101 Å². The van der Waals surface area contributed by atoms with Gasteiger partial charge in [-0.05, 0) is 12.8 Å². The molecular formula is C10H18N2O4S. The van der Waals surface area contributed by atoms with E-state index in [4.69, 9.17) is 5.11 Å². The highest BCUT2D eigenvalue weighted by molar-refractivity contribution is 7.87. The SMILES string of the molecule is CN1CC(C(=O)O)N(C2CCCCC2)S1(=O)=O. The molecule has 2 fully saturated rings. The molecule has 0 aromatic carbocycles. The Morgan fingerprint density at radius 3 is 2.35 bits per heavy atom. The predicted molar refractivity (Wildman–Crippen MR) is 61.7 cm³/mol. The first kappa shape index (κ1) is 12.8. The zero-order chi connectivity index (χ0) is 12.6. The molecule has 6 nitrogen and oxygen atoms in total. The minimum Gasteiger partial charge on any atom is -0.480 e. The molecule has 98 valence electrons. The summed E-state index contributed by atoms with van der Waals surface area (Å²) >= 11 is 0. The van der Waals surface area contributed by atoms with Gasteiger partial charge in [0.1, 0.15) is 6.04 Å². The third-order valence-corrected chi connectivity index (χ3v) is 5.64. The molecule has 0 aromatic rings. The van der Waals surface area contributed by atoms with Crippen molar-refractivity contribution in [2.45, 2.75) is 44.2 Å². The molecule has 0 amide bonds. The van der Waals surface area contributed by atoms with Crippen LogP contribution in [0.1, 0.15) is 32.1 Å². The van der Waals surface area contributed by atoms with Gasteiger partial charge < -0.3 is 5.11 Å². The van der Waals surface area contributed by atoms with E-state index in [1.807, 2.05) is 0 Å². The van der Waals surface area contributed by atoms with E-state index in [9.17, 15) is 13.2 Å². The van der Waals surface area contributed by atoms with Crippen LogP contribution in [-0.2, 0) is 15.0 Å². The smallest absolute Gasteiger partial charge is 0.323 e. The molecule has 2 rings (SSSR count). The van der Waals surface area contributed by atoms with E-state index in [2.05, 4.69) is 0 Å². The van der Waals surface area contributed by atoms with Crippen molar-refractivity contribution in [1.29, 1.82) is 0 Å². The molecule has 1 aliphatic heterocycles. The van der Waals surface area contributed by atoms with Crippen molar-refractivity contribution in [3.05, 3.63) is 0 Å². The summed E-state index contributed by atoms with van der Waals surface area (Å²) in [4.78, 5) is 11.2. The fourth-order valence-corrected chi connectivity index (χ4v) is 4.42. The minimum absolute atomic E-state index is 0.0498. The maximum Gasteiger partial charge on any atom is 0.323 e. The van der Waals surface area contributed by atoms with Gasteiger partial charge in [0.2, 0.25) is 0 Å². The molecule has 1 heterocycles. The first-order chi connectivity index (χ1) is 7.94. The average molecular weight is 262 g/mol. The highest BCUT2D eigenvalue weighted by Crippen LogP contribution is 2.31. The predicted octanol–water partition coefficient (Wildman–Crippen LogP) is 0.264. The van der Waals surface area contributed by atoms with Crippen LogP contribution in [0.5, 0.6) is 0 Å². The fraction of sp³-hybridized carbons (Fsp3) is 0.900. The molecule has 1 saturated carbocycles. The zero-order valence-corrected chi connectivity index (χ0v) is 10.7. The second-order valence-corrected chi connectivity index (χ2v) is 6.70. The lowest BCUT2D eigenvalue weighted by Gasteiger charge is -2.31. The lowest BCUT2D eigenvalue weighted by Crippen LogP contribution is -2.47. The Bertz CT molecular complexity index is 403. The molecule has 0 bridgehead atoms. The molecule has 0 spiro atoms. The number of hydrogen-bond acceptors (Lipinski definition) is 3. The molecule has 0 aromatic heterocycles. The third kappa shape index (κ3) is 2.19. The number of carbonyl (C=O) groups is 1. The van der Waals surface area contributed by atoms with Crippen LogP contribution in [0, 0.1) is 0 Å². The summed E-state index contributed by atoms with van der Waals surface area (Å²) < 4.78 is 26.5. The maximum absolute atomic E-state index is 12.1. The number of likely N-dealkylation sites (N-methyl/N-ethyl adjacent to an activating group) is 1. The van der Waals surface area contributed by atoms with Crippen LogP contribution >= 0.6 is 0 Å². The Balaban J connectivity index is 2.28. The fourth-order valence-electron chi connectivity index (χ4n) is 2.71. The van der Waals surface area contributed by atoms with Crippen LogP contribution < -0.4 is 0 Å². The van der Waals surface area contributed by atoms with Crippen molar-refractivity contribution < 1.29 is 18.3 Å². The summed E-state index contributed by atoms with van der Waals surface area (Å²) in [6.45, 7) is 0.0498. The Kier molecular flexibility index (Phi) is 3.42. The van der Waals surface area contributed by atoms with Gasteiger partial charge >= 0.3 is 5.97 Å². The van der Waals surface area contributed by atoms with Crippen molar-refractivity contribution in [3.8, 4) is 0 Å². The average Bonchev–Trinajstić information content (AvgIpc) is 2.52. The van der Waals surface area contributed by atoms with Gasteiger partial charge in [0.15, 0.2) is 0 Å². The van der Waals surface area contributed by atoms with E-state index >= 15 is 0 Å². The monoisotopic (exact) mass is 262 g/mol. The van der Waals surface area contributed by atoms with Gasteiger partial charge in [-0.2, -0.15) is 17.0 Å². The van der Waals surface area contributed by atoms with Crippen molar-refractivity contribution in [2.24, 2.45) is 0 Å². The van der Waals surface area contributed by atoms with Gasteiger partial charge in [-0.3, -0.25) is 4.79 Å². The van der Waals surface area contributed by atoms with Crippen LogP contribution in [0.2, 0.25) is 0 Å². The lowest BCUT2D eigenvalue weighted by molar-refractivity contribution is -0.141. The van der Waals surface area contributed by atoms with Gasteiger partial charge in [-0.25, -0.2) is 0 Å². The van der Waals surface area contributed by atoms with Gasteiger partial charge in [0, 0.05) is 19.6 Å². The summed E-state index contributed by atoms with van der Waals surface area (Å²) in [5.74, 6) is -1.05. The second-order valence-electron chi connectivity index (χ2n) is 4.76. The van der Waals surface area contributed by atoms with Crippen LogP contribution in [0.15, 0.2) is 0 Å². The number of carboxylic acid groups (broad SMARTS) is 1. The number of hydrogen-bond donors (Lipinski definition) is 1. The number of aliphatic carboxylic acids is 1. The van der Waals surface area contributed by atoms with Gasteiger partial charge in [-0.1, -0.05) is 19.3 Å². The molecule has 1 saturated heterocycles. The summed E-state index contributed by atoms with van der Waals surface area (Å²) in [6.07, 6.45) is 4.62. The van der Waals surface area contributed by atoms with Crippen molar-refractivity contribution >= 4 is 16.2 Å². The zero-order valence-electron chi connectivity index (χ0n) is 9.87. The molecule has 0 radical (unpaired) electrons. The van der Waals surface area contributed by atoms with E-state index < -0.39 is 22.2 Å². The Morgan fingerprint density at radius 2 is 1.82 bits per heavy atom. The quantitative estimate of drug-likeness (QED) is 0.774. The molecule has 1 N–H and O–H groups in total. The number of carboxylic acids is 1. The molecule has 1 unspecified atom stereocenters. The minimum atomic E-state index is -3.57. The lowest BCUT2D eigenvalue weighted by atomic mass is 9.95. The molecule has 1 aliphatic carbocycles. The van der Waals surface area contributed by atoms with Crippen molar-refractivity contribution in [2.75, 3.05) is 13.6 Å². The Hall–Kier alpha value is -0.660. The molecule has 17 heavy (non-hydrogen) atoms. The summed E-state index contributed by atoms with van der Waals surface area (Å²) in [5.41, 5.74) is 0. The molecule has 7 heteroatoms. The van der Waals surface area contributed by atoms with Crippen molar-refractivity contribution in [1.82, 2.24) is 8.61 Å². The second kappa shape index (κ2) is 4.55. The van der Waals surface area contributed by atoms with E-state index in [-0.39, 0.29) is 12.6 Å². The largest absolute Gasteiger partial charge is 0.480 e. The summed E-state index contributed by atoms with van der Waals surface area (Å²) in [6, 6.07) is -1.06. The number of nitrogens with zero attached hydrogens (tertiary/aromatic N) is 2. The van der Waals surface area contributed by atoms with Gasteiger partial charge in [-0.15, -0.1) is 0 Å². The van der Waals surface area contributed by atoms with E-state index in [0.717, 1.165) is 36.4 Å². The standard InChI is InChI=1S/C10H18N2O4S/c1-11-7-9(10(13)14)12(17(11,15)16)8-5-3-2-4-6-8/h8-9H,2-7H2,1H3,(H,13,14). The summed E-state index contributed by atoms with van der Waals surface area (Å²) in [5, 5.41) is 9.13. The van der Waals surface area contributed by atoms with E-state index in [0.29, 0.717) is 0 Å². The van der Waals surface area contributed by atoms with Gasteiger partial charge in [0.25, 0.3) is 10.2 Å². The van der Waals surface area contributed by atoms with Crippen LogP contribution in [0.25, 0.3) is 0 Å². The van der Waals surface area contributed by atoms with Crippen LogP contribution in [0.4, 0.5) is 0 Å².